The van der Waals surface area contributed by atoms with Crippen LogP contribution in [-0.4, -0.2) is 39.0 Å². The monoisotopic (exact) mass is 444 g/mol. The Morgan fingerprint density at radius 2 is 1.86 bits per heavy atom. The average molecular weight is 445 g/mol. The Bertz CT molecular complexity index is 927. The van der Waals surface area contributed by atoms with Gasteiger partial charge in [-0.15, -0.1) is 36.2 Å². The van der Waals surface area contributed by atoms with E-state index in [0.717, 1.165) is 10.4 Å². The number of alkyl halides is 1. The molecule has 150 valence electrons. The van der Waals surface area contributed by atoms with E-state index in [9.17, 15) is 4.79 Å². The highest BCUT2D eigenvalue weighted by atomic mass is 35.5. The number of piperidine rings is 1. The molecular weight excluding hydrogens is 426 g/mol. The lowest BCUT2D eigenvalue weighted by Crippen LogP contribution is -2.43. The van der Waals surface area contributed by atoms with Crippen LogP contribution in [0.5, 0.6) is 0 Å². The predicted molar refractivity (Wildman–Crippen MR) is 109 cm³/mol. The number of carbonyl (C=O) groups is 1. The molecule has 3 aromatic heterocycles. The number of pyridine rings is 1. The van der Waals surface area contributed by atoms with E-state index >= 15 is 4.39 Å². The van der Waals surface area contributed by atoms with Gasteiger partial charge in [0.1, 0.15) is 0 Å². The van der Waals surface area contributed by atoms with E-state index in [2.05, 4.69) is 15.1 Å². The van der Waals surface area contributed by atoms with Gasteiger partial charge in [-0.3, -0.25) is 9.78 Å². The summed E-state index contributed by atoms with van der Waals surface area (Å²) in [5.74, 6) is 0.267. The number of likely N-dealkylation sites (tertiary alicyclic amines) is 1. The van der Waals surface area contributed by atoms with Gasteiger partial charge in [-0.2, -0.15) is 4.98 Å². The highest BCUT2D eigenvalue weighted by Crippen LogP contribution is 2.37. The Balaban J connectivity index is 0.00000140. The summed E-state index contributed by atoms with van der Waals surface area (Å²) in [6.07, 6.45) is 3.52. The van der Waals surface area contributed by atoms with Gasteiger partial charge >= 0.3 is 0 Å². The lowest BCUT2D eigenvalue weighted by atomic mass is 9.93. The van der Waals surface area contributed by atoms with Crippen molar-refractivity contribution in [3.05, 3.63) is 52.3 Å². The maximum atomic E-state index is 15.3. The fourth-order valence-corrected chi connectivity index (χ4v) is 3.84. The van der Waals surface area contributed by atoms with Gasteiger partial charge in [0.25, 0.3) is 11.8 Å². The number of aromatic nitrogens is 3. The fourth-order valence-electron chi connectivity index (χ4n) is 3.01. The van der Waals surface area contributed by atoms with Gasteiger partial charge in [0.15, 0.2) is 5.67 Å². The molecule has 0 aliphatic carbocycles. The van der Waals surface area contributed by atoms with Gasteiger partial charge in [-0.25, -0.2) is 4.39 Å². The first kappa shape index (κ1) is 22.3. The van der Waals surface area contributed by atoms with Gasteiger partial charge in [0, 0.05) is 48.8 Å². The molecule has 1 saturated heterocycles. The van der Waals surface area contributed by atoms with E-state index in [1.807, 2.05) is 19.1 Å². The van der Waals surface area contributed by atoms with Crippen LogP contribution in [-0.2, 0) is 5.67 Å². The van der Waals surface area contributed by atoms with Crippen LogP contribution >= 0.6 is 36.2 Å². The molecule has 0 unspecified atom stereocenters. The largest absolute Gasteiger partial charge is 0.338 e. The summed E-state index contributed by atoms with van der Waals surface area (Å²) in [4.78, 5) is 24.1. The topological polar surface area (TPSA) is 72.1 Å². The second-order valence-electron chi connectivity index (χ2n) is 6.33. The Morgan fingerprint density at radius 3 is 2.46 bits per heavy atom. The molecule has 0 spiro atoms. The smallest absolute Gasteiger partial charge is 0.264 e. The molecule has 4 heterocycles. The quantitative estimate of drug-likeness (QED) is 0.596. The maximum Gasteiger partial charge on any atom is 0.264 e. The van der Waals surface area contributed by atoms with Gasteiger partial charge < -0.3 is 9.42 Å². The lowest BCUT2D eigenvalue weighted by molar-refractivity contribution is 0.0251. The van der Waals surface area contributed by atoms with E-state index in [0.29, 0.717) is 23.8 Å². The van der Waals surface area contributed by atoms with Crippen LogP contribution in [0.4, 0.5) is 4.39 Å². The zero-order valence-electron chi connectivity index (χ0n) is 15.0. The molecule has 1 amide bonds. The lowest BCUT2D eigenvalue weighted by Gasteiger charge is -2.33. The van der Waals surface area contributed by atoms with E-state index < -0.39 is 5.67 Å². The number of nitrogens with zero attached hydrogens (tertiary/aromatic N) is 4. The number of hydrogen-bond donors (Lipinski definition) is 0. The van der Waals surface area contributed by atoms with Gasteiger partial charge in [0.2, 0.25) is 5.82 Å². The molecule has 10 heteroatoms. The zero-order chi connectivity index (χ0) is 18.1. The molecule has 0 radical (unpaired) electrons. The predicted octanol–water partition coefficient (Wildman–Crippen LogP) is 4.45. The van der Waals surface area contributed by atoms with Crippen LogP contribution in [0.1, 0.15) is 33.3 Å². The number of carbonyl (C=O) groups excluding carboxylic acids is 1. The van der Waals surface area contributed by atoms with Crippen molar-refractivity contribution in [1.82, 2.24) is 20.0 Å². The van der Waals surface area contributed by atoms with Crippen molar-refractivity contribution in [2.24, 2.45) is 0 Å². The summed E-state index contributed by atoms with van der Waals surface area (Å²) in [5, 5.41) is 3.88. The van der Waals surface area contributed by atoms with E-state index in [1.165, 1.54) is 11.3 Å². The molecule has 0 bridgehead atoms. The van der Waals surface area contributed by atoms with E-state index in [4.69, 9.17) is 4.52 Å². The number of thiophene rings is 1. The van der Waals surface area contributed by atoms with Crippen LogP contribution in [0.25, 0.3) is 11.4 Å². The minimum absolute atomic E-state index is 0. The van der Waals surface area contributed by atoms with Crippen molar-refractivity contribution in [3.63, 3.8) is 0 Å². The summed E-state index contributed by atoms with van der Waals surface area (Å²) >= 11 is 1.46. The third kappa shape index (κ3) is 4.34. The fraction of sp³-hybridized carbons (Fsp3) is 0.333. The van der Waals surface area contributed by atoms with Gasteiger partial charge in [-0.1, -0.05) is 5.16 Å². The molecule has 1 aliphatic heterocycles. The maximum absolute atomic E-state index is 15.3. The van der Waals surface area contributed by atoms with Crippen LogP contribution in [0, 0.1) is 6.92 Å². The normalized spacial score (nSPS) is 15.4. The standard InChI is InChI=1S/C18H17FN4O2S.2ClH/c1-12-2-3-14(26-12)16(24)23-10-6-18(19,7-11-23)17-21-15(22-25-17)13-4-8-20-9-5-13;;/h2-5,8-9H,6-7,10-11H2,1H3;2*1H. The third-order valence-electron chi connectivity index (χ3n) is 4.54. The zero-order valence-corrected chi connectivity index (χ0v) is 17.5. The Kier molecular flexibility index (Phi) is 7.14. The average Bonchev–Trinajstić information content (AvgIpc) is 3.32. The Labute approximate surface area is 178 Å². The number of hydrogen-bond acceptors (Lipinski definition) is 6. The Morgan fingerprint density at radius 1 is 1.18 bits per heavy atom. The number of amides is 1. The van der Waals surface area contributed by atoms with Crippen LogP contribution in [0.15, 0.2) is 41.2 Å². The van der Waals surface area contributed by atoms with Crippen LogP contribution in [0.2, 0.25) is 0 Å². The van der Waals surface area contributed by atoms with E-state index in [1.54, 1.807) is 29.4 Å². The summed E-state index contributed by atoms with van der Waals surface area (Å²) in [6.45, 7) is 2.60. The van der Waals surface area contributed by atoms with Crippen molar-refractivity contribution in [3.8, 4) is 11.4 Å². The highest BCUT2D eigenvalue weighted by Gasteiger charge is 2.42. The van der Waals surface area contributed by atoms with Crippen LogP contribution in [0.3, 0.4) is 0 Å². The molecule has 28 heavy (non-hydrogen) atoms. The Hall–Kier alpha value is -2.03. The summed E-state index contributed by atoms with van der Waals surface area (Å²) in [5.41, 5.74) is -0.986. The highest BCUT2D eigenvalue weighted by molar-refractivity contribution is 7.13. The molecule has 1 fully saturated rings. The molecule has 6 nitrogen and oxygen atoms in total. The van der Waals surface area contributed by atoms with Gasteiger partial charge in [-0.05, 0) is 31.2 Å². The molecular formula is C18H19Cl2FN4O2S. The summed E-state index contributed by atoms with van der Waals surface area (Å²) < 4.78 is 20.5. The second kappa shape index (κ2) is 8.98. The van der Waals surface area contributed by atoms with Crippen LogP contribution < -0.4 is 0 Å². The van der Waals surface area contributed by atoms with Crippen molar-refractivity contribution in [2.75, 3.05) is 13.1 Å². The number of aryl methyl sites for hydroxylation is 1. The molecule has 0 N–H and O–H groups in total. The van der Waals surface area contributed by atoms with E-state index in [-0.39, 0.29) is 49.5 Å². The van der Waals surface area contributed by atoms with Gasteiger partial charge in [0.05, 0.1) is 4.88 Å². The first-order valence-corrected chi connectivity index (χ1v) is 9.16. The van der Waals surface area contributed by atoms with Crippen molar-refractivity contribution >= 4 is 42.1 Å². The molecule has 4 rings (SSSR count). The van der Waals surface area contributed by atoms with Crippen molar-refractivity contribution in [1.29, 1.82) is 0 Å². The molecule has 0 saturated carbocycles. The molecule has 0 atom stereocenters. The molecule has 3 aromatic rings. The first-order chi connectivity index (χ1) is 12.5. The van der Waals surface area contributed by atoms with Crippen molar-refractivity contribution < 1.29 is 13.7 Å². The SMILES string of the molecule is Cc1ccc(C(=O)N2CCC(F)(c3nc(-c4ccncc4)no3)CC2)s1.Cl.Cl. The third-order valence-corrected chi connectivity index (χ3v) is 5.53. The summed E-state index contributed by atoms with van der Waals surface area (Å²) in [7, 11) is 0. The minimum atomic E-state index is -1.71. The minimum Gasteiger partial charge on any atom is -0.338 e. The number of rotatable bonds is 3. The second-order valence-corrected chi connectivity index (χ2v) is 7.61. The summed E-state index contributed by atoms with van der Waals surface area (Å²) in [6, 6.07) is 7.21. The molecule has 0 aromatic carbocycles. The number of halogens is 3. The molecule has 1 aliphatic rings. The van der Waals surface area contributed by atoms with Crippen molar-refractivity contribution in [2.45, 2.75) is 25.4 Å². The first-order valence-electron chi connectivity index (χ1n) is 8.34.